The number of unbranched alkanes of at least 4 members (excludes halogenated alkanes) is 1. The van der Waals surface area contributed by atoms with Gasteiger partial charge in [-0.05, 0) is 48.6 Å². The van der Waals surface area contributed by atoms with Crippen molar-refractivity contribution in [2.24, 2.45) is 5.73 Å². The standard InChI is InChI=1S/C18H30N2O/c1-6-7-8-20-11-14-13(4)9-16(21-5)17(12(2)3)18(14)15(20)10-19/h9,12,15H,6-8,10-11,19H2,1-5H3. The summed E-state index contributed by atoms with van der Waals surface area (Å²) in [6, 6.07) is 2.54. The van der Waals surface area contributed by atoms with E-state index in [4.69, 9.17) is 10.5 Å². The summed E-state index contributed by atoms with van der Waals surface area (Å²) in [5.74, 6) is 1.48. The molecule has 0 amide bonds. The Kier molecular flexibility index (Phi) is 5.28. The van der Waals surface area contributed by atoms with Gasteiger partial charge in [0.25, 0.3) is 0 Å². The van der Waals surface area contributed by atoms with Crippen molar-refractivity contribution in [2.45, 2.75) is 59.0 Å². The number of hydrogen-bond donors (Lipinski definition) is 1. The van der Waals surface area contributed by atoms with E-state index in [2.05, 4.69) is 38.7 Å². The zero-order valence-corrected chi connectivity index (χ0v) is 14.2. The molecule has 0 bridgehead atoms. The Morgan fingerprint density at radius 2 is 2.14 bits per heavy atom. The Bertz CT molecular complexity index is 496. The highest BCUT2D eigenvalue weighted by molar-refractivity contribution is 5.54. The number of fused-ring (bicyclic) bond motifs is 1. The van der Waals surface area contributed by atoms with Crippen LogP contribution in [0.4, 0.5) is 0 Å². The van der Waals surface area contributed by atoms with Gasteiger partial charge in [0, 0.05) is 24.7 Å². The van der Waals surface area contributed by atoms with Gasteiger partial charge >= 0.3 is 0 Å². The summed E-state index contributed by atoms with van der Waals surface area (Å²) in [5, 5.41) is 0. The zero-order valence-electron chi connectivity index (χ0n) is 14.2. The fourth-order valence-electron chi connectivity index (χ4n) is 3.58. The molecule has 2 N–H and O–H groups in total. The maximum atomic E-state index is 6.14. The number of benzene rings is 1. The second-order valence-corrected chi connectivity index (χ2v) is 6.43. The van der Waals surface area contributed by atoms with Crippen LogP contribution in [0.2, 0.25) is 0 Å². The maximum absolute atomic E-state index is 6.14. The summed E-state index contributed by atoms with van der Waals surface area (Å²) in [5.41, 5.74) is 11.8. The van der Waals surface area contributed by atoms with Crippen molar-refractivity contribution >= 4 is 0 Å². The molecule has 0 fully saturated rings. The Hall–Kier alpha value is -1.06. The lowest BCUT2D eigenvalue weighted by molar-refractivity contribution is 0.216. The molecule has 1 aromatic carbocycles. The van der Waals surface area contributed by atoms with Crippen LogP contribution in [0, 0.1) is 6.92 Å². The van der Waals surface area contributed by atoms with Crippen molar-refractivity contribution in [1.82, 2.24) is 4.90 Å². The fraction of sp³-hybridized carbons (Fsp3) is 0.667. The molecule has 118 valence electrons. The molecule has 0 spiro atoms. The molecule has 0 radical (unpaired) electrons. The second-order valence-electron chi connectivity index (χ2n) is 6.43. The Morgan fingerprint density at radius 3 is 2.67 bits per heavy atom. The summed E-state index contributed by atoms with van der Waals surface area (Å²) in [4.78, 5) is 2.55. The molecular weight excluding hydrogens is 260 g/mol. The minimum atomic E-state index is 0.345. The van der Waals surface area contributed by atoms with Crippen LogP contribution in [-0.2, 0) is 6.54 Å². The van der Waals surface area contributed by atoms with E-state index in [-0.39, 0.29) is 0 Å². The van der Waals surface area contributed by atoms with Crippen molar-refractivity contribution in [3.05, 3.63) is 28.3 Å². The van der Waals surface area contributed by atoms with Gasteiger partial charge in [-0.1, -0.05) is 27.2 Å². The third-order valence-corrected chi connectivity index (χ3v) is 4.66. The average Bonchev–Trinajstić information content (AvgIpc) is 2.83. The van der Waals surface area contributed by atoms with E-state index in [1.54, 1.807) is 7.11 Å². The van der Waals surface area contributed by atoms with E-state index in [9.17, 15) is 0 Å². The van der Waals surface area contributed by atoms with Gasteiger partial charge in [-0.15, -0.1) is 0 Å². The van der Waals surface area contributed by atoms with Gasteiger partial charge in [0.15, 0.2) is 0 Å². The highest BCUT2D eigenvalue weighted by atomic mass is 16.5. The summed E-state index contributed by atoms with van der Waals surface area (Å²) in [7, 11) is 1.77. The molecule has 0 saturated heterocycles. The van der Waals surface area contributed by atoms with Crippen LogP contribution in [0.3, 0.4) is 0 Å². The van der Waals surface area contributed by atoms with Gasteiger partial charge in [0.05, 0.1) is 7.11 Å². The first-order valence-corrected chi connectivity index (χ1v) is 8.19. The number of ether oxygens (including phenoxy) is 1. The van der Waals surface area contributed by atoms with E-state index in [1.165, 1.54) is 35.1 Å². The van der Waals surface area contributed by atoms with Crippen LogP contribution in [-0.4, -0.2) is 25.1 Å². The van der Waals surface area contributed by atoms with E-state index in [1.807, 2.05) is 0 Å². The van der Waals surface area contributed by atoms with Gasteiger partial charge in [-0.3, -0.25) is 4.90 Å². The fourth-order valence-corrected chi connectivity index (χ4v) is 3.58. The Labute approximate surface area is 129 Å². The first kappa shape index (κ1) is 16.3. The molecule has 0 aromatic heterocycles. The minimum Gasteiger partial charge on any atom is -0.496 e. The average molecular weight is 290 g/mol. The monoisotopic (exact) mass is 290 g/mol. The van der Waals surface area contributed by atoms with Crippen molar-refractivity contribution in [3.63, 3.8) is 0 Å². The molecule has 1 aliphatic rings. The van der Waals surface area contributed by atoms with Crippen LogP contribution in [0.15, 0.2) is 6.07 Å². The highest BCUT2D eigenvalue weighted by Crippen LogP contribution is 2.44. The lowest BCUT2D eigenvalue weighted by Gasteiger charge is -2.26. The van der Waals surface area contributed by atoms with Crippen LogP contribution in [0.1, 0.15) is 67.8 Å². The van der Waals surface area contributed by atoms with Crippen molar-refractivity contribution in [2.75, 3.05) is 20.2 Å². The second kappa shape index (κ2) is 6.80. The molecule has 1 unspecified atom stereocenters. The summed E-state index contributed by atoms with van der Waals surface area (Å²) in [6.45, 7) is 11.8. The number of aryl methyl sites for hydroxylation is 1. The summed E-state index contributed by atoms with van der Waals surface area (Å²) in [6.07, 6.45) is 2.46. The van der Waals surface area contributed by atoms with E-state index < -0.39 is 0 Å². The van der Waals surface area contributed by atoms with Crippen LogP contribution < -0.4 is 10.5 Å². The van der Waals surface area contributed by atoms with Gasteiger partial charge in [-0.25, -0.2) is 0 Å². The lowest BCUT2D eigenvalue weighted by Crippen LogP contribution is -2.29. The molecule has 0 aliphatic carbocycles. The van der Waals surface area contributed by atoms with E-state index in [0.717, 1.165) is 18.8 Å². The van der Waals surface area contributed by atoms with E-state index in [0.29, 0.717) is 18.5 Å². The minimum absolute atomic E-state index is 0.345. The van der Waals surface area contributed by atoms with Gasteiger partial charge < -0.3 is 10.5 Å². The molecule has 3 heteroatoms. The molecule has 1 aromatic rings. The topological polar surface area (TPSA) is 38.5 Å². The smallest absolute Gasteiger partial charge is 0.122 e. The molecule has 21 heavy (non-hydrogen) atoms. The quantitative estimate of drug-likeness (QED) is 0.867. The zero-order chi connectivity index (χ0) is 15.6. The van der Waals surface area contributed by atoms with Crippen molar-refractivity contribution < 1.29 is 4.74 Å². The number of rotatable bonds is 6. The van der Waals surface area contributed by atoms with Gasteiger partial charge in [0.2, 0.25) is 0 Å². The Morgan fingerprint density at radius 1 is 1.43 bits per heavy atom. The molecule has 1 atom stereocenters. The number of nitrogens with zero attached hydrogens (tertiary/aromatic N) is 1. The molecule has 1 heterocycles. The van der Waals surface area contributed by atoms with Crippen LogP contribution >= 0.6 is 0 Å². The van der Waals surface area contributed by atoms with Crippen LogP contribution in [0.5, 0.6) is 5.75 Å². The predicted molar refractivity (Wildman–Crippen MR) is 88.9 cm³/mol. The number of methoxy groups -OCH3 is 1. The SMILES string of the molecule is CCCCN1Cc2c(C)cc(OC)c(C(C)C)c2C1CN. The predicted octanol–water partition coefficient (Wildman–Crippen LogP) is 3.74. The largest absolute Gasteiger partial charge is 0.496 e. The third kappa shape index (κ3) is 2.95. The Balaban J connectivity index is 2.51. The lowest BCUT2D eigenvalue weighted by atomic mass is 9.88. The van der Waals surface area contributed by atoms with Gasteiger partial charge in [0.1, 0.15) is 5.75 Å². The first-order valence-electron chi connectivity index (χ1n) is 8.19. The molecule has 2 rings (SSSR count). The maximum Gasteiger partial charge on any atom is 0.122 e. The summed E-state index contributed by atoms with van der Waals surface area (Å²) < 4.78 is 5.66. The summed E-state index contributed by atoms with van der Waals surface area (Å²) >= 11 is 0. The number of hydrogen-bond acceptors (Lipinski definition) is 3. The highest BCUT2D eigenvalue weighted by Gasteiger charge is 2.34. The molecule has 0 saturated carbocycles. The molecule has 3 nitrogen and oxygen atoms in total. The van der Waals surface area contributed by atoms with Crippen molar-refractivity contribution in [3.8, 4) is 5.75 Å². The van der Waals surface area contributed by atoms with E-state index >= 15 is 0 Å². The van der Waals surface area contributed by atoms with Crippen molar-refractivity contribution in [1.29, 1.82) is 0 Å². The number of nitrogens with two attached hydrogens (primary N) is 1. The van der Waals surface area contributed by atoms with Gasteiger partial charge in [-0.2, -0.15) is 0 Å². The third-order valence-electron chi connectivity index (χ3n) is 4.66. The molecular formula is C18H30N2O. The first-order chi connectivity index (χ1) is 10.0. The normalized spacial score (nSPS) is 18.3. The molecule has 1 aliphatic heterocycles. The van der Waals surface area contributed by atoms with Crippen LogP contribution in [0.25, 0.3) is 0 Å².